The van der Waals surface area contributed by atoms with E-state index >= 15 is 0 Å². The van der Waals surface area contributed by atoms with E-state index in [0.29, 0.717) is 33.9 Å². The maximum Gasteiger partial charge on any atom is 0.416 e. The van der Waals surface area contributed by atoms with Gasteiger partial charge in [0.2, 0.25) is 0 Å². The predicted molar refractivity (Wildman–Crippen MR) is 140 cm³/mol. The van der Waals surface area contributed by atoms with E-state index in [0.717, 1.165) is 6.07 Å². The summed E-state index contributed by atoms with van der Waals surface area (Å²) in [5.41, 5.74) is 1.09. The molecule has 3 heterocycles. The van der Waals surface area contributed by atoms with Crippen molar-refractivity contribution in [2.24, 2.45) is 7.05 Å². The van der Waals surface area contributed by atoms with Gasteiger partial charge in [-0.25, -0.2) is 4.98 Å². The molecule has 5 rings (SSSR count). The number of alkyl halides is 3. The van der Waals surface area contributed by atoms with Crippen LogP contribution in [-0.4, -0.2) is 31.7 Å². The first kappa shape index (κ1) is 26.4. The average Bonchev–Trinajstić information content (AvgIpc) is 3.50. The van der Waals surface area contributed by atoms with Gasteiger partial charge < -0.3 is 9.88 Å². The van der Waals surface area contributed by atoms with Gasteiger partial charge in [0.05, 0.1) is 36.2 Å². The number of carbonyl (C=O) groups excluding carboxylic acids is 1. The Balaban J connectivity index is 1.68. The SMILES string of the molecule is C[C@H](CC#N)Nc1cc(-c2cc(C#N)ccc2-c2nncn2C)cc(N2Cc3c(cccc3C(F)(F)F)C2=O)n1. The molecule has 0 aliphatic carbocycles. The van der Waals surface area contributed by atoms with Crippen LogP contribution in [0, 0.1) is 22.7 Å². The van der Waals surface area contributed by atoms with Crippen molar-refractivity contribution in [1.82, 2.24) is 19.7 Å². The summed E-state index contributed by atoms with van der Waals surface area (Å²) >= 11 is 0. The van der Waals surface area contributed by atoms with Gasteiger partial charge in [0.1, 0.15) is 18.0 Å². The standard InChI is InChI=1S/C28H21F3N8O/c1-16(8-9-32)35-24-11-18(21-10-17(13-33)6-7-19(21)26-37-34-15-38(26)2)12-25(36-24)39-14-22-20(27(39)40)4-3-5-23(22)28(29,30)31/h3-7,10-12,15-16H,8,14H2,1-2H3,(H,35,36)/t16-/m1/s1. The molecule has 9 nitrogen and oxygen atoms in total. The van der Waals surface area contributed by atoms with Crippen LogP contribution in [0.25, 0.3) is 22.5 Å². The quantitative estimate of drug-likeness (QED) is 0.350. The first-order valence-corrected chi connectivity index (χ1v) is 12.2. The van der Waals surface area contributed by atoms with Crippen LogP contribution >= 0.6 is 0 Å². The molecule has 0 saturated carbocycles. The van der Waals surface area contributed by atoms with E-state index < -0.39 is 17.6 Å². The highest BCUT2D eigenvalue weighted by Crippen LogP contribution is 2.40. The molecule has 1 N–H and O–H groups in total. The first-order chi connectivity index (χ1) is 19.1. The molecule has 40 heavy (non-hydrogen) atoms. The number of aromatic nitrogens is 4. The van der Waals surface area contributed by atoms with Crippen LogP contribution in [0.4, 0.5) is 24.8 Å². The third kappa shape index (κ3) is 4.83. The number of hydrogen-bond donors (Lipinski definition) is 1. The number of anilines is 2. The largest absolute Gasteiger partial charge is 0.416 e. The summed E-state index contributed by atoms with van der Waals surface area (Å²) in [5.74, 6) is 0.330. The lowest BCUT2D eigenvalue weighted by molar-refractivity contribution is -0.138. The van der Waals surface area contributed by atoms with Gasteiger partial charge in [0.25, 0.3) is 5.91 Å². The molecular weight excluding hydrogens is 521 g/mol. The molecule has 1 amide bonds. The lowest BCUT2D eigenvalue weighted by Gasteiger charge is -2.20. The molecule has 0 radical (unpaired) electrons. The van der Waals surface area contributed by atoms with Crippen LogP contribution in [-0.2, 0) is 19.8 Å². The highest BCUT2D eigenvalue weighted by atomic mass is 19.4. The Labute approximate surface area is 227 Å². The minimum atomic E-state index is -4.63. The van der Waals surface area contributed by atoms with Crippen LogP contribution < -0.4 is 10.2 Å². The fraction of sp³-hybridized carbons (Fsp3) is 0.214. The number of pyridine rings is 1. The molecule has 4 aromatic rings. The maximum absolute atomic E-state index is 13.7. The van der Waals surface area contributed by atoms with Gasteiger partial charge >= 0.3 is 6.18 Å². The monoisotopic (exact) mass is 542 g/mol. The number of nitrogens with one attached hydrogen (secondary N) is 1. The Morgan fingerprint density at radius 1 is 1.10 bits per heavy atom. The normalized spacial score (nSPS) is 13.5. The van der Waals surface area contributed by atoms with Gasteiger partial charge in [-0.2, -0.15) is 23.7 Å². The van der Waals surface area contributed by atoms with Crippen molar-refractivity contribution in [3.63, 3.8) is 0 Å². The van der Waals surface area contributed by atoms with Gasteiger partial charge in [-0.15, -0.1) is 10.2 Å². The van der Waals surface area contributed by atoms with Crippen molar-refractivity contribution in [1.29, 1.82) is 10.5 Å². The highest BCUT2D eigenvalue weighted by Gasteiger charge is 2.40. The summed E-state index contributed by atoms with van der Waals surface area (Å²) < 4.78 is 42.9. The summed E-state index contributed by atoms with van der Waals surface area (Å²) in [6.45, 7) is 1.47. The second-order valence-corrected chi connectivity index (χ2v) is 9.37. The van der Waals surface area contributed by atoms with Gasteiger partial charge in [-0.05, 0) is 66.1 Å². The highest BCUT2D eigenvalue weighted by molar-refractivity contribution is 6.10. The third-order valence-electron chi connectivity index (χ3n) is 6.57. The number of nitriles is 2. The topological polar surface area (TPSA) is 124 Å². The van der Waals surface area contributed by atoms with E-state index in [-0.39, 0.29) is 36.0 Å². The van der Waals surface area contributed by atoms with Crippen LogP contribution in [0.15, 0.2) is 54.9 Å². The Kier molecular flexibility index (Phi) is 6.69. The number of aryl methyl sites for hydroxylation is 1. The molecule has 1 aliphatic rings. The van der Waals surface area contributed by atoms with Gasteiger partial charge in [-0.3, -0.25) is 9.69 Å². The van der Waals surface area contributed by atoms with Crippen molar-refractivity contribution >= 4 is 17.5 Å². The minimum absolute atomic E-state index is 0.0411. The Morgan fingerprint density at radius 3 is 2.58 bits per heavy atom. The van der Waals surface area contributed by atoms with Crippen molar-refractivity contribution in [2.45, 2.75) is 32.1 Å². The number of fused-ring (bicyclic) bond motifs is 1. The van der Waals surface area contributed by atoms with Crippen LogP contribution in [0.5, 0.6) is 0 Å². The summed E-state index contributed by atoms with van der Waals surface area (Å²) in [6.07, 6.45) is -2.93. The summed E-state index contributed by atoms with van der Waals surface area (Å²) in [4.78, 5) is 19.1. The second-order valence-electron chi connectivity index (χ2n) is 9.37. The van der Waals surface area contributed by atoms with E-state index in [1.54, 1.807) is 48.9 Å². The number of benzene rings is 2. The number of halogens is 3. The van der Waals surface area contributed by atoms with Crippen molar-refractivity contribution < 1.29 is 18.0 Å². The van der Waals surface area contributed by atoms with Crippen LogP contribution in [0.1, 0.15) is 40.4 Å². The Bertz CT molecular complexity index is 1710. The maximum atomic E-state index is 13.7. The zero-order valence-electron chi connectivity index (χ0n) is 21.4. The number of hydrogen-bond acceptors (Lipinski definition) is 7. The lowest BCUT2D eigenvalue weighted by atomic mass is 9.97. The fourth-order valence-corrected chi connectivity index (χ4v) is 4.68. The minimum Gasteiger partial charge on any atom is -0.366 e. The first-order valence-electron chi connectivity index (χ1n) is 12.2. The number of carbonyl (C=O) groups is 1. The summed E-state index contributed by atoms with van der Waals surface area (Å²) in [7, 11) is 1.77. The average molecular weight is 543 g/mol. The molecule has 0 unspecified atom stereocenters. The molecule has 0 fully saturated rings. The van der Waals surface area contributed by atoms with E-state index in [2.05, 4.69) is 32.6 Å². The zero-order valence-corrected chi connectivity index (χ0v) is 21.4. The molecule has 0 bridgehead atoms. The van der Waals surface area contributed by atoms with Crippen molar-refractivity contribution in [3.05, 3.63) is 77.1 Å². The van der Waals surface area contributed by atoms with Crippen molar-refractivity contribution in [3.8, 4) is 34.7 Å². The number of nitrogens with zero attached hydrogens (tertiary/aromatic N) is 7. The van der Waals surface area contributed by atoms with E-state index in [4.69, 9.17) is 5.26 Å². The third-order valence-corrected chi connectivity index (χ3v) is 6.57. The van der Waals surface area contributed by atoms with E-state index in [9.17, 15) is 23.2 Å². The Hall–Kier alpha value is -5.23. The van der Waals surface area contributed by atoms with Gasteiger partial charge in [-0.1, -0.05) is 6.07 Å². The van der Waals surface area contributed by atoms with E-state index in [1.807, 2.05) is 0 Å². The molecule has 1 atom stereocenters. The zero-order chi connectivity index (χ0) is 28.6. The van der Waals surface area contributed by atoms with Gasteiger partial charge in [0.15, 0.2) is 5.82 Å². The smallest absolute Gasteiger partial charge is 0.366 e. The molecule has 0 saturated heterocycles. The van der Waals surface area contributed by atoms with Crippen LogP contribution in [0.3, 0.4) is 0 Å². The molecule has 200 valence electrons. The van der Waals surface area contributed by atoms with Crippen molar-refractivity contribution in [2.75, 3.05) is 10.2 Å². The second kappa shape index (κ2) is 10.2. The van der Waals surface area contributed by atoms with E-state index in [1.165, 1.54) is 23.4 Å². The molecular formula is C28H21F3N8O. The van der Waals surface area contributed by atoms with Crippen LogP contribution in [0.2, 0.25) is 0 Å². The molecule has 1 aliphatic heterocycles. The number of rotatable bonds is 6. The summed E-state index contributed by atoms with van der Waals surface area (Å²) in [5, 5.41) is 30.0. The summed E-state index contributed by atoms with van der Waals surface area (Å²) in [6, 6.07) is 15.7. The molecule has 12 heteroatoms. The molecule has 2 aromatic heterocycles. The molecule has 2 aromatic carbocycles. The predicted octanol–water partition coefficient (Wildman–Crippen LogP) is 5.31. The van der Waals surface area contributed by atoms with Gasteiger partial charge in [0, 0.05) is 24.2 Å². The number of amides is 1. The fourth-order valence-electron chi connectivity index (χ4n) is 4.68. The Morgan fingerprint density at radius 2 is 1.90 bits per heavy atom. The lowest BCUT2D eigenvalue weighted by Crippen LogP contribution is -2.25. The molecule has 0 spiro atoms.